The fourth-order valence-corrected chi connectivity index (χ4v) is 6.00. The third-order valence-electron chi connectivity index (χ3n) is 7.60. The lowest BCUT2D eigenvalue weighted by atomic mass is 9.44. The Kier molecular flexibility index (Phi) is 5.96. The van der Waals surface area contributed by atoms with Gasteiger partial charge in [-0.1, -0.05) is 23.2 Å². The molecule has 2 aromatic carbocycles. The van der Waals surface area contributed by atoms with Gasteiger partial charge in [-0.3, -0.25) is 14.4 Å². The topological polar surface area (TPSA) is 97.0 Å². The number of carbonyl (C=O) groups excluding carboxylic acids is 3. The number of benzene rings is 2. The van der Waals surface area contributed by atoms with Gasteiger partial charge in [0.25, 0.3) is 17.7 Å². The predicted molar refractivity (Wildman–Crippen MR) is 134 cm³/mol. The molecule has 7 rings (SSSR count). The molecule has 0 aromatic heterocycles. The van der Waals surface area contributed by atoms with Gasteiger partial charge in [-0.05, 0) is 49.6 Å². The van der Waals surface area contributed by atoms with Crippen molar-refractivity contribution in [3.8, 4) is 11.5 Å². The van der Waals surface area contributed by atoms with Gasteiger partial charge in [-0.15, -0.1) is 0 Å². The quantitative estimate of drug-likeness (QED) is 0.516. The minimum absolute atomic E-state index is 0.0518. The fraction of sp³-hybridized carbons (Fsp3) is 0.423. The highest BCUT2D eigenvalue weighted by Crippen LogP contribution is 2.60. The van der Waals surface area contributed by atoms with Gasteiger partial charge in [0.15, 0.2) is 12.7 Å². The van der Waals surface area contributed by atoms with Crippen LogP contribution >= 0.6 is 23.2 Å². The highest BCUT2D eigenvalue weighted by Gasteiger charge is 2.69. The summed E-state index contributed by atoms with van der Waals surface area (Å²) >= 11 is 11.7. The zero-order valence-electron chi connectivity index (χ0n) is 20.2. The van der Waals surface area contributed by atoms with Gasteiger partial charge in [0.1, 0.15) is 23.2 Å². The number of amides is 3. The maximum absolute atomic E-state index is 13.6. The lowest BCUT2D eigenvalue weighted by Crippen LogP contribution is -2.84. The number of hydrogen-bond donors (Lipinski definition) is 2. The molecule has 1 aliphatic heterocycles. The van der Waals surface area contributed by atoms with Gasteiger partial charge in [0.2, 0.25) is 5.91 Å². The number of ether oxygens (including phenoxy) is 2. The number of nitrogens with one attached hydrogen (secondary N) is 2. The normalized spacial score (nSPS) is 29.1. The van der Waals surface area contributed by atoms with E-state index in [4.69, 9.17) is 32.7 Å². The van der Waals surface area contributed by atoms with Crippen molar-refractivity contribution in [3.63, 3.8) is 0 Å². The van der Waals surface area contributed by atoms with Crippen molar-refractivity contribution in [2.45, 2.75) is 48.8 Å². The van der Waals surface area contributed by atoms with Gasteiger partial charge in [0.05, 0.1) is 17.3 Å². The SMILES string of the molecule is O=C(COc1ccc(Cl)c(F)c1)NC12CC(NC(=O)C3CN(C(=O)C4CC4(F)F)c4cc(Cl)ccc4O3)(C1)C2. The molecule has 8 nitrogen and oxygen atoms in total. The van der Waals surface area contributed by atoms with Crippen LogP contribution in [0.3, 0.4) is 0 Å². The summed E-state index contributed by atoms with van der Waals surface area (Å²) in [6.07, 6.45) is -0.175. The Bertz CT molecular complexity index is 1390. The van der Waals surface area contributed by atoms with Crippen molar-refractivity contribution in [1.29, 1.82) is 0 Å². The maximum Gasteiger partial charge on any atom is 0.263 e. The summed E-state index contributed by atoms with van der Waals surface area (Å²) in [5.74, 6) is -6.43. The van der Waals surface area contributed by atoms with Crippen LogP contribution in [-0.2, 0) is 14.4 Å². The summed E-state index contributed by atoms with van der Waals surface area (Å²) in [5.41, 5.74) is -0.767. The van der Waals surface area contributed by atoms with Crippen LogP contribution in [0.1, 0.15) is 25.7 Å². The van der Waals surface area contributed by atoms with Crippen molar-refractivity contribution < 1.29 is 37.0 Å². The summed E-state index contributed by atoms with van der Waals surface area (Å²) < 4.78 is 52.0. The highest BCUT2D eigenvalue weighted by atomic mass is 35.5. The third kappa shape index (κ3) is 4.75. The first-order valence-corrected chi connectivity index (χ1v) is 13.0. The number of rotatable bonds is 7. The van der Waals surface area contributed by atoms with Gasteiger partial charge in [-0.2, -0.15) is 0 Å². The molecule has 2 unspecified atom stereocenters. The molecule has 0 saturated heterocycles. The first-order chi connectivity index (χ1) is 18.4. The van der Waals surface area contributed by atoms with Crippen molar-refractivity contribution in [3.05, 3.63) is 52.3 Å². The Hall–Kier alpha value is -3.18. The zero-order valence-corrected chi connectivity index (χ0v) is 21.8. The van der Waals surface area contributed by atoms with E-state index in [0.717, 1.165) is 11.0 Å². The molecular weight excluding hydrogens is 562 g/mol. The smallest absolute Gasteiger partial charge is 0.263 e. The van der Waals surface area contributed by atoms with E-state index in [0.29, 0.717) is 24.3 Å². The number of anilines is 1. The average Bonchev–Trinajstić information content (AvgIpc) is 3.49. The monoisotopic (exact) mass is 583 g/mol. The summed E-state index contributed by atoms with van der Waals surface area (Å²) in [6.45, 7) is -0.545. The molecule has 2 atom stereocenters. The lowest BCUT2D eigenvalue weighted by molar-refractivity contribution is -0.153. The Labute approximate surface area is 230 Å². The minimum Gasteiger partial charge on any atom is -0.484 e. The minimum atomic E-state index is -3.06. The molecule has 2 bridgehead atoms. The van der Waals surface area contributed by atoms with E-state index >= 15 is 0 Å². The summed E-state index contributed by atoms with van der Waals surface area (Å²) in [5, 5.41) is 6.09. The van der Waals surface area contributed by atoms with E-state index in [1.54, 1.807) is 0 Å². The van der Waals surface area contributed by atoms with Gasteiger partial charge < -0.3 is 25.0 Å². The molecule has 2 aromatic rings. The molecule has 4 fully saturated rings. The van der Waals surface area contributed by atoms with E-state index in [-0.39, 0.29) is 41.3 Å². The van der Waals surface area contributed by atoms with E-state index in [9.17, 15) is 27.6 Å². The molecule has 0 radical (unpaired) electrons. The number of hydrogen-bond acceptors (Lipinski definition) is 5. The van der Waals surface area contributed by atoms with E-state index < -0.39 is 53.1 Å². The van der Waals surface area contributed by atoms with Crippen LogP contribution in [0.5, 0.6) is 11.5 Å². The first kappa shape index (κ1) is 26.1. The second-order valence-corrected chi connectivity index (χ2v) is 11.5. The third-order valence-corrected chi connectivity index (χ3v) is 8.14. The Morgan fingerprint density at radius 1 is 1.05 bits per heavy atom. The van der Waals surface area contributed by atoms with Crippen LogP contribution in [-0.4, -0.2) is 54.0 Å². The molecule has 13 heteroatoms. The van der Waals surface area contributed by atoms with Crippen LogP contribution in [0.4, 0.5) is 18.9 Å². The van der Waals surface area contributed by atoms with Crippen LogP contribution in [0.15, 0.2) is 36.4 Å². The molecule has 3 amide bonds. The molecular formula is C26H22Cl2F3N3O5. The van der Waals surface area contributed by atoms with Crippen molar-refractivity contribution in [1.82, 2.24) is 10.6 Å². The molecule has 4 aliphatic carbocycles. The molecule has 39 heavy (non-hydrogen) atoms. The van der Waals surface area contributed by atoms with Gasteiger partial charge in [0, 0.05) is 28.6 Å². The molecule has 2 N–H and O–H groups in total. The average molecular weight is 584 g/mol. The number of nitrogens with zero attached hydrogens (tertiary/aromatic N) is 1. The molecule has 206 valence electrons. The maximum atomic E-state index is 13.6. The molecule has 0 spiro atoms. The van der Waals surface area contributed by atoms with Crippen LogP contribution in [0, 0.1) is 11.7 Å². The van der Waals surface area contributed by atoms with Crippen LogP contribution < -0.4 is 25.0 Å². The van der Waals surface area contributed by atoms with Crippen molar-refractivity contribution in [2.24, 2.45) is 5.92 Å². The largest absolute Gasteiger partial charge is 0.484 e. The number of carbonyl (C=O) groups is 3. The van der Waals surface area contributed by atoms with Crippen molar-refractivity contribution in [2.75, 3.05) is 18.1 Å². The summed E-state index contributed by atoms with van der Waals surface area (Å²) in [7, 11) is 0. The number of halogens is 5. The van der Waals surface area contributed by atoms with Gasteiger partial charge >= 0.3 is 0 Å². The van der Waals surface area contributed by atoms with Crippen LogP contribution in [0.25, 0.3) is 0 Å². The van der Waals surface area contributed by atoms with E-state index in [1.165, 1.54) is 30.3 Å². The first-order valence-electron chi connectivity index (χ1n) is 12.2. The Morgan fingerprint density at radius 2 is 1.74 bits per heavy atom. The second-order valence-electron chi connectivity index (χ2n) is 10.7. The molecule has 5 aliphatic rings. The Balaban J connectivity index is 1.04. The number of fused-ring (bicyclic) bond motifs is 1. The zero-order chi connectivity index (χ0) is 27.7. The van der Waals surface area contributed by atoms with Gasteiger partial charge in [-0.25, -0.2) is 13.2 Å². The van der Waals surface area contributed by atoms with Crippen molar-refractivity contribution >= 4 is 46.6 Å². The molecule has 1 heterocycles. The van der Waals surface area contributed by atoms with E-state index in [1.807, 2.05) is 0 Å². The highest BCUT2D eigenvalue weighted by molar-refractivity contribution is 6.31. The second kappa shape index (κ2) is 8.92. The summed E-state index contributed by atoms with van der Waals surface area (Å²) in [6, 6.07) is 8.34. The lowest BCUT2D eigenvalue weighted by Gasteiger charge is -2.70. The molecule has 4 saturated carbocycles. The number of alkyl halides is 2. The fourth-order valence-electron chi connectivity index (χ4n) is 5.71. The Morgan fingerprint density at radius 3 is 2.41 bits per heavy atom. The van der Waals surface area contributed by atoms with Crippen LogP contribution in [0.2, 0.25) is 10.0 Å². The van der Waals surface area contributed by atoms with E-state index in [2.05, 4.69) is 10.6 Å². The standard InChI is InChI=1S/C26H22Cl2F3N3O5/c27-13-1-4-19-18(5-13)34(23(37)15-7-26(15,30)31)8-20(39-19)22(36)33-25-10-24(11-25,12-25)32-21(35)9-38-14-2-3-16(28)17(29)6-14/h1-6,15,20H,7-12H2,(H,32,35)(H,33,36). The summed E-state index contributed by atoms with van der Waals surface area (Å²) in [4.78, 5) is 39.5. The predicted octanol–water partition coefficient (Wildman–Crippen LogP) is 3.87.